The van der Waals surface area contributed by atoms with Crippen molar-refractivity contribution in [3.05, 3.63) is 47.8 Å². The van der Waals surface area contributed by atoms with E-state index in [9.17, 15) is 4.39 Å². The van der Waals surface area contributed by atoms with Crippen LogP contribution < -0.4 is 21.7 Å². The summed E-state index contributed by atoms with van der Waals surface area (Å²) in [6, 6.07) is -0.248. The van der Waals surface area contributed by atoms with Gasteiger partial charge >= 0.3 is 0 Å². The highest BCUT2D eigenvalue weighted by Crippen LogP contribution is 2.36. The number of hydrogen-bond donors (Lipinski definition) is 3. The molecule has 0 saturated heterocycles. The first-order valence-electron chi connectivity index (χ1n) is 8.93. The standard InChI is InChI=1S/C17H24FN9/c1-10(16-22-5-11(18)6-23-16)26-13-3-4-21-7-12(13)15(19)27(17(26)20)14-8-25(2)9-24-14/h5-6,8-10,15,17,21H,3-4,7,19-20H2,1-2H3/t10-,15?,17?/m0/s1. The minimum Gasteiger partial charge on any atom is -0.338 e. The molecule has 9 nitrogen and oxygen atoms in total. The van der Waals surface area contributed by atoms with Gasteiger partial charge in [-0.15, -0.1) is 0 Å². The summed E-state index contributed by atoms with van der Waals surface area (Å²) in [5.74, 6) is 0.744. The number of aromatic nitrogens is 4. The van der Waals surface area contributed by atoms with Gasteiger partial charge in [0.25, 0.3) is 0 Å². The van der Waals surface area contributed by atoms with Crippen LogP contribution in [0.5, 0.6) is 0 Å². The first kappa shape index (κ1) is 17.8. The Morgan fingerprint density at radius 2 is 2.00 bits per heavy atom. The Morgan fingerprint density at radius 3 is 2.67 bits per heavy atom. The number of aryl methyl sites for hydroxylation is 1. The largest absolute Gasteiger partial charge is 0.338 e. The van der Waals surface area contributed by atoms with Crippen LogP contribution in [0.3, 0.4) is 0 Å². The highest BCUT2D eigenvalue weighted by Gasteiger charge is 2.41. The molecular formula is C17H24FN9. The van der Waals surface area contributed by atoms with Gasteiger partial charge in [0.05, 0.1) is 24.8 Å². The summed E-state index contributed by atoms with van der Waals surface area (Å²) in [7, 11) is 1.90. The maximum Gasteiger partial charge on any atom is 0.159 e. The first-order chi connectivity index (χ1) is 13.0. The average molecular weight is 373 g/mol. The number of hydrogen-bond acceptors (Lipinski definition) is 8. The van der Waals surface area contributed by atoms with Crippen molar-refractivity contribution in [2.24, 2.45) is 18.5 Å². The Hall–Kier alpha value is -2.56. The maximum atomic E-state index is 13.3. The lowest BCUT2D eigenvalue weighted by Gasteiger charge is -2.51. The van der Waals surface area contributed by atoms with Gasteiger partial charge in [-0.25, -0.2) is 19.3 Å². The van der Waals surface area contributed by atoms with Crippen molar-refractivity contribution in [3.8, 4) is 0 Å². The highest BCUT2D eigenvalue weighted by atomic mass is 19.1. The van der Waals surface area contributed by atoms with Gasteiger partial charge in [0.1, 0.15) is 6.17 Å². The molecule has 2 aromatic heterocycles. The molecule has 10 heteroatoms. The van der Waals surface area contributed by atoms with Gasteiger partial charge in [-0.2, -0.15) is 0 Å². The lowest BCUT2D eigenvalue weighted by atomic mass is 9.98. The SMILES string of the molecule is C[C@@H](c1ncc(F)cn1)N1C2=C(CNCC2)C(N)N(c2cn(C)cn2)C1N. The van der Waals surface area contributed by atoms with Crippen LogP contribution in [0.1, 0.15) is 25.2 Å². The zero-order valence-corrected chi connectivity index (χ0v) is 15.4. The zero-order chi connectivity index (χ0) is 19.1. The van der Waals surface area contributed by atoms with Crippen LogP contribution in [0, 0.1) is 5.82 Å². The fourth-order valence-corrected chi connectivity index (χ4v) is 3.82. The minimum absolute atomic E-state index is 0.248. The fraction of sp³-hybridized carbons (Fsp3) is 0.471. The molecule has 4 heterocycles. The summed E-state index contributed by atoms with van der Waals surface area (Å²) in [5, 5.41) is 3.37. The summed E-state index contributed by atoms with van der Waals surface area (Å²) in [4.78, 5) is 16.7. The van der Waals surface area contributed by atoms with Gasteiger partial charge in [-0.05, 0) is 12.5 Å². The van der Waals surface area contributed by atoms with E-state index in [1.165, 1.54) is 12.4 Å². The van der Waals surface area contributed by atoms with Crippen LogP contribution in [-0.2, 0) is 7.05 Å². The third kappa shape index (κ3) is 3.05. The molecule has 2 aliphatic heterocycles. The molecule has 4 rings (SSSR count). The maximum absolute atomic E-state index is 13.3. The molecule has 3 atom stereocenters. The molecule has 2 unspecified atom stereocenters. The van der Waals surface area contributed by atoms with Crippen LogP contribution in [-0.4, -0.2) is 50.0 Å². The number of nitrogens with one attached hydrogen (secondary N) is 1. The van der Waals surface area contributed by atoms with Crippen LogP contribution in [0.4, 0.5) is 10.2 Å². The lowest BCUT2D eigenvalue weighted by molar-refractivity contribution is 0.149. The summed E-state index contributed by atoms with van der Waals surface area (Å²) in [6.45, 7) is 3.49. The minimum atomic E-state index is -0.546. The smallest absolute Gasteiger partial charge is 0.159 e. The molecule has 5 N–H and O–H groups in total. The Bertz CT molecular complexity index is 846. The van der Waals surface area contributed by atoms with Gasteiger partial charge in [-0.1, -0.05) is 0 Å². The van der Waals surface area contributed by atoms with Gasteiger partial charge in [-0.3, -0.25) is 5.73 Å². The highest BCUT2D eigenvalue weighted by molar-refractivity contribution is 5.46. The molecule has 2 aromatic rings. The van der Waals surface area contributed by atoms with E-state index in [4.69, 9.17) is 11.5 Å². The van der Waals surface area contributed by atoms with E-state index in [2.05, 4.69) is 25.2 Å². The molecule has 0 spiro atoms. The lowest BCUT2D eigenvalue weighted by Crippen LogP contribution is -2.66. The third-order valence-corrected chi connectivity index (χ3v) is 5.15. The van der Waals surface area contributed by atoms with E-state index >= 15 is 0 Å². The molecule has 0 saturated carbocycles. The van der Waals surface area contributed by atoms with E-state index in [0.717, 1.165) is 24.2 Å². The van der Waals surface area contributed by atoms with Crippen molar-refractivity contribution in [1.29, 1.82) is 0 Å². The topological polar surface area (TPSA) is 114 Å². The van der Waals surface area contributed by atoms with Crippen molar-refractivity contribution < 1.29 is 4.39 Å². The Kier molecular flexibility index (Phi) is 4.54. The van der Waals surface area contributed by atoms with E-state index in [1.807, 2.05) is 29.6 Å². The molecule has 0 bridgehead atoms. The molecule has 2 aliphatic rings. The van der Waals surface area contributed by atoms with Crippen LogP contribution in [0.25, 0.3) is 0 Å². The third-order valence-electron chi connectivity index (χ3n) is 5.15. The predicted molar refractivity (Wildman–Crippen MR) is 98.4 cm³/mol. The van der Waals surface area contributed by atoms with E-state index < -0.39 is 12.1 Å². The van der Waals surface area contributed by atoms with Gasteiger partial charge in [0, 0.05) is 38.5 Å². The van der Waals surface area contributed by atoms with Crippen LogP contribution >= 0.6 is 0 Å². The van der Waals surface area contributed by atoms with E-state index in [-0.39, 0.29) is 12.2 Å². The molecule has 27 heavy (non-hydrogen) atoms. The quantitative estimate of drug-likeness (QED) is 0.689. The average Bonchev–Trinajstić information content (AvgIpc) is 3.08. The Morgan fingerprint density at radius 1 is 1.26 bits per heavy atom. The number of rotatable bonds is 3. The zero-order valence-electron chi connectivity index (χ0n) is 15.4. The summed E-state index contributed by atoms with van der Waals surface area (Å²) >= 11 is 0. The van der Waals surface area contributed by atoms with Crippen molar-refractivity contribution in [1.82, 2.24) is 29.7 Å². The predicted octanol–water partition coefficient (Wildman–Crippen LogP) is 0.00690. The Labute approximate surface area is 156 Å². The van der Waals surface area contributed by atoms with Gasteiger partial charge in [0.2, 0.25) is 0 Å². The fourth-order valence-electron chi connectivity index (χ4n) is 3.82. The molecule has 0 radical (unpaired) electrons. The molecule has 0 fully saturated rings. The Balaban J connectivity index is 1.77. The van der Waals surface area contributed by atoms with Crippen molar-refractivity contribution in [2.75, 3.05) is 18.0 Å². The second kappa shape index (κ2) is 6.87. The first-order valence-corrected chi connectivity index (χ1v) is 8.93. The normalized spacial score (nSPS) is 24.2. The van der Waals surface area contributed by atoms with E-state index in [0.29, 0.717) is 18.2 Å². The van der Waals surface area contributed by atoms with Gasteiger partial charge in [0.15, 0.2) is 23.7 Å². The van der Waals surface area contributed by atoms with Crippen LogP contribution in [0.2, 0.25) is 0 Å². The summed E-state index contributed by atoms with van der Waals surface area (Å²) in [6.07, 6.45) is 5.83. The van der Waals surface area contributed by atoms with Crippen molar-refractivity contribution in [3.63, 3.8) is 0 Å². The van der Waals surface area contributed by atoms with Crippen molar-refractivity contribution >= 4 is 5.82 Å². The number of nitrogens with zero attached hydrogens (tertiary/aromatic N) is 6. The molecule has 0 aromatic carbocycles. The number of nitrogens with two attached hydrogens (primary N) is 2. The second-order valence-electron chi connectivity index (χ2n) is 6.90. The summed E-state index contributed by atoms with van der Waals surface area (Å²) < 4.78 is 15.1. The van der Waals surface area contributed by atoms with Crippen molar-refractivity contribution in [2.45, 2.75) is 31.8 Å². The molecule has 144 valence electrons. The monoisotopic (exact) mass is 373 g/mol. The second-order valence-corrected chi connectivity index (χ2v) is 6.90. The molecule has 0 aliphatic carbocycles. The molecule has 0 amide bonds. The number of halogens is 1. The number of anilines is 1. The summed E-state index contributed by atoms with van der Waals surface area (Å²) in [5.41, 5.74) is 15.4. The number of imidazole rings is 1. The molecular weight excluding hydrogens is 349 g/mol. The van der Waals surface area contributed by atoms with E-state index in [1.54, 1.807) is 6.33 Å². The van der Waals surface area contributed by atoms with Crippen LogP contribution in [0.15, 0.2) is 36.2 Å². The van der Waals surface area contributed by atoms with Gasteiger partial charge < -0.3 is 25.4 Å².